The van der Waals surface area contributed by atoms with Gasteiger partial charge in [0.1, 0.15) is 0 Å². The van der Waals surface area contributed by atoms with Crippen LogP contribution < -0.4 is 5.32 Å². The second kappa shape index (κ2) is 5.51. The Hall–Kier alpha value is -2.44. The van der Waals surface area contributed by atoms with Crippen LogP contribution in [0, 0.1) is 6.92 Å². The van der Waals surface area contributed by atoms with E-state index in [0.29, 0.717) is 11.3 Å². The minimum atomic E-state index is -4.41. The van der Waals surface area contributed by atoms with E-state index in [0.717, 1.165) is 12.1 Å². The smallest absolute Gasteiger partial charge is 0.324 e. The van der Waals surface area contributed by atoms with E-state index in [1.807, 2.05) is 0 Å². The monoisotopic (exact) mass is 295 g/mol. The number of anilines is 2. The molecule has 0 bridgehead atoms. The van der Waals surface area contributed by atoms with Crippen LogP contribution in [0.25, 0.3) is 0 Å². The maximum Gasteiger partial charge on any atom is 0.416 e. The van der Waals surface area contributed by atoms with Crippen LogP contribution in [0.1, 0.15) is 28.5 Å². The van der Waals surface area contributed by atoms with Crippen molar-refractivity contribution in [1.29, 1.82) is 0 Å². The molecule has 21 heavy (non-hydrogen) atoms. The molecule has 110 valence electrons. The third kappa shape index (κ3) is 3.56. The second-order valence-corrected chi connectivity index (χ2v) is 4.45. The summed E-state index contributed by atoms with van der Waals surface area (Å²) < 4.78 is 37.8. The molecule has 1 N–H and O–H groups in total. The van der Waals surface area contributed by atoms with Crippen LogP contribution in [0.5, 0.6) is 0 Å². The van der Waals surface area contributed by atoms with Gasteiger partial charge in [-0.05, 0) is 32.0 Å². The van der Waals surface area contributed by atoms with E-state index in [4.69, 9.17) is 0 Å². The number of rotatable bonds is 3. The number of hydrogen-bond acceptors (Lipinski definition) is 4. The van der Waals surface area contributed by atoms with Gasteiger partial charge in [0.15, 0.2) is 5.78 Å². The molecule has 0 saturated carbocycles. The van der Waals surface area contributed by atoms with Gasteiger partial charge in [0, 0.05) is 11.9 Å². The summed E-state index contributed by atoms with van der Waals surface area (Å²) in [4.78, 5) is 19.2. The molecule has 0 saturated heterocycles. The van der Waals surface area contributed by atoms with E-state index in [2.05, 4.69) is 15.3 Å². The van der Waals surface area contributed by atoms with Gasteiger partial charge in [-0.1, -0.05) is 6.07 Å². The van der Waals surface area contributed by atoms with Crippen LogP contribution in [0.15, 0.2) is 30.5 Å². The SMILES string of the molecule is CC(=O)c1cnc(Nc2cccc(C(F)(F)F)c2)nc1C. The molecule has 0 atom stereocenters. The highest BCUT2D eigenvalue weighted by Gasteiger charge is 2.30. The number of nitrogens with zero attached hydrogens (tertiary/aromatic N) is 2. The third-order valence-electron chi connectivity index (χ3n) is 2.80. The number of alkyl halides is 3. The summed E-state index contributed by atoms with van der Waals surface area (Å²) in [5.74, 6) is -0.0325. The number of carbonyl (C=O) groups excluding carboxylic acids is 1. The summed E-state index contributed by atoms with van der Waals surface area (Å²) >= 11 is 0. The Morgan fingerprint density at radius 3 is 2.57 bits per heavy atom. The van der Waals surface area contributed by atoms with Gasteiger partial charge in [-0.15, -0.1) is 0 Å². The average Bonchev–Trinajstić information content (AvgIpc) is 2.37. The zero-order valence-corrected chi connectivity index (χ0v) is 11.3. The fraction of sp³-hybridized carbons (Fsp3) is 0.214. The molecular formula is C14H12F3N3O. The molecule has 4 nitrogen and oxygen atoms in total. The Balaban J connectivity index is 2.27. The van der Waals surface area contributed by atoms with E-state index < -0.39 is 11.7 Å². The van der Waals surface area contributed by atoms with Gasteiger partial charge in [-0.2, -0.15) is 13.2 Å². The van der Waals surface area contributed by atoms with Crippen molar-refractivity contribution in [2.45, 2.75) is 20.0 Å². The molecule has 0 fully saturated rings. The molecule has 0 aliphatic heterocycles. The summed E-state index contributed by atoms with van der Waals surface area (Å²) in [6.45, 7) is 3.03. The summed E-state index contributed by atoms with van der Waals surface area (Å²) in [7, 11) is 0. The van der Waals surface area contributed by atoms with Crippen molar-refractivity contribution in [3.8, 4) is 0 Å². The number of aryl methyl sites for hydroxylation is 1. The first-order chi connectivity index (χ1) is 9.77. The van der Waals surface area contributed by atoms with Crippen molar-refractivity contribution in [1.82, 2.24) is 9.97 Å². The van der Waals surface area contributed by atoms with Crippen LogP contribution >= 0.6 is 0 Å². The molecule has 1 aromatic carbocycles. The highest BCUT2D eigenvalue weighted by molar-refractivity contribution is 5.94. The van der Waals surface area contributed by atoms with Crippen LogP contribution in [-0.2, 0) is 6.18 Å². The average molecular weight is 295 g/mol. The molecule has 0 amide bonds. The van der Waals surface area contributed by atoms with E-state index in [9.17, 15) is 18.0 Å². The molecule has 1 aromatic heterocycles. The zero-order valence-electron chi connectivity index (χ0n) is 11.3. The quantitative estimate of drug-likeness (QED) is 0.876. The predicted molar refractivity (Wildman–Crippen MR) is 71.5 cm³/mol. The molecule has 2 aromatic rings. The lowest BCUT2D eigenvalue weighted by atomic mass is 10.2. The summed E-state index contributed by atoms with van der Waals surface area (Å²) in [6.07, 6.45) is -3.06. The normalized spacial score (nSPS) is 11.3. The Morgan fingerprint density at radius 1 is 1.29 bits per heavy atom. The van der Waals surface area contributed by atoms with Crippen molar-refractivity contribution >= 4 is 17.4 Å². The molecule has 0 unspecified atom stereocenters. The van der Waals surface area contributed by atoms with Crippen molar-refractivity contribution in [2.75, 3.05) is 5.32 Å². The first-order valence-electron chi connectivity index (χ1n) is 6.06. The highest BCUT2D eigenvalue weighted by Crippen LogP contribution is 2.31. The number of ketones is 1. The first kappa shape index (κ1) is 15.0. The van der Waals surface area contributed by atoms with E-state index in [1.54, 1.807) is 6.92 Å². The first-order valence-corrected chi connectivity index (χ1v) is 6.06. The van der Waals surface area contributed by atoms with Crippen molar-refractivity contribution in [3.05, 3.63) is 47.3 Å². The van der Waals surface area contributed by atoms with Crippen molar-refractivity contribution in [3.63, 3.8) is 0 Å². The lowest BCUT2D eigenvalue weighted by molar-refractivity contribution is -0.137. The fourth-order valence-corrected chi connectivity index (χ4v) is 1.78. The van der Waals surface area contributed by atoms with Crippen molar-refractivity contribution in [2.24, 2.45) is 0 Å². The standard InChI is InChI=1S/C14H12F3N3O/c1-8-12(9(2)21)7-18-13(19-8)20-11-5-3-4-10(6-11)14(15,16)17/h3-7H,1-2H3,(H,18,19,20). The number of aromatic nitrogens is 2. The van der Waals surface area contributed by atoms with Crippen LogP contribution in [0.3, 0.4) is 0 Å². The van der Waals surface area contributed by atoms with Gasteiger partial charge >= 0.3 is 6.18 Å². The Labute approximate surface area is 119 Å². The number of Topliss-reactive ketones (excluding diaryl/α,β-unsaturated/α-hetero) is 1. The Kier molecular flexibility index (Phi) is 3.93. The molecule has 0 aliphatic rings. The molecule has 0 spiro atoms. The summed E-state index contributed by atoms with van der Waals surface area (Å²) in [5, 5.41) is 2.69. The maximum absolute atomic E-state index is 12.6. The molecule has 7 heteroatoms. The number of hydrogen-bond donors (Lipinski definition) is 1. The maximum atomic E-state index is 12.6. The van der Waals surface area contributed by atoms with Gasteiger partial charge in [0.2, 0.25) is 5.95 Å². The predicted octanol–water partition coefficient (Wildman–Crippen LogP) is 3.75. The van der Waals surface area contributed by atoms with Crippen LogP contribution in [-0.4, -0.2) is 15.8 Å². The van der Waals surface area contributed by atoms with Crippen LogP contribution in [0.2, 0.25) is 0 Å². The molecule has 2 rings (SSSR count). The molecule has 0 radical (unpaired) electrons. The third-order valence-corrected chi connectivity index (χ3v) is 2.80. The second-order valence-electron chi connectivity index (χ2n) is 4.45. The highest BCUT2D eigenvalue weighted by atomic mass is 19.4. The topological polar surface area (TPSA) is 54.9 Å². The lowest BCUT2D eigenvalue weighted by Gasteiger charge is -2.10. The summed E-state index contributed by atoms with van der Waals surface area (Å²) in [5.41, 5.74) is 0.306. The van der Waals surface area contributed by atoms with Gasteiger partial charge in [-0.25, -0.2) is 9.97 Å². The Bertz CT molecular complexity index is 683. The van der Waals surface area contributed by atoms with Gasteiger partial charge in [0.05, 0.1) is 16.8 Å². The minimum absolute atomic E-state index is 0.136. The van der Waals surface area contributed by atoms with Gasteiger partial charge < -0.3 is 5.32 Å². The summed E-state index contributed by atoms with van der Waals surface area (Å²) in [6, 6.07) is 4.72. The number of nitrogens with one attached hydrogen (secondary N) is 1. The Morgan fingerprint density at radius 2 is 2.00 bits per heavy atom. The number of halogens is 3. The molecular weight excluding hydrogens is 283 g/mol. The zero-order chi connectivity index (χ0) is 15.6. The van der Waals surface area contributed by atoms with Crippen molar-refractivity contribution < 1.29 is 18.0 Å². The van der Waals surface area contributed by atoms with Gasteiger partial charge in [0.25, 0.3) is 0 Å². The van der Waals surface area contributed by atoms with E-state index in [1.165, 1.54) is 25.3 Å². The van der Waals surface area contributed by atoms with Crippen LogP contribution in [0.4, 0.5) is 24.8 Å². The molecule has 0 aliphatic carbocycles. The fourth-order valence-electron chi connectivity index (χ4n) is 1.78. The van der Waals surface area contributed by atoms with E-state index >= 15 is 0 Å². The number of benzene rings is 1. The minimum Gasteiger partial charge on any atom is -0.324 e. The largest absolute Gasteiger partial charge is 0.416 e. The molecule has 1 heterocycles. The van der Waals surface area contributed by atoms with E-state index in [-0.39, 0.29) is 17.4 Å². The lowest BCUT2D eigenvalue weighted by Crippen LogP contribution is -2.07. The number of carbonyl (C=O) groups is 1. The van der Waals surface area contributed by atoms with Gasteiger partial charge in [-0.3, -0.25) is 4.79 Å².